The van der Waals surface area contributed by atoms with E-state index in [1.165, 1.54) is 0 Å². The highest BCUT2D eigenvalue weighted by Gasteiger charge is 2.47. The van der Waals surface area contributed by atoms with E-state index >= 15 is 0 Å². The van der Waals surface area contributed by atoms with Crippen molar-refractivity contribution in [1.29, 1.82) is 0 Å². The van der Waals surface area contributed by atoms with Crippen molar-refractivity contribution in [3.05, 3.63) is 172 Å². The first-order valence-electron chi connectivity index (χ1n) is 18.0. The van der Waals surface area contributed by atoms with Gasteiger partial charge in [-0.2, -0.15) is 0 Å². The fourth-order valence-corrected chi connectivity index (χ4v) is 6.93. The predicted molar refractivity (Wildman–Crippen MR) is 200 cm³/mol. The Kier molecular flexibility index (Phi) is 12.7. The number of aliphatic hydroxyl groups is 1. The molecule has 0 saturated carbocycles. The van der Waals surface area contributed by atoms with Gasteiger partial charge in [0.15, 0.2) is 0 Å². The Balaban J connectivity index is 1.13. The minimum Gasteiger partial charge on any atom is -0.488 e. The summed E-state index contributed by atoms with van der Waals surface area (Å²) in [5, 5.41) is 12.8. The van der Waals surface area contributed by atoms with Gasteiger partial charge in [0.1, 0.15) is 42.4 Å². The van der Waals surface area contributed by atoms with Crippen LogP contribution in [0.3, 0.4) is 0 Å². The van der Waals surface area contributed by atoms with Crippen LogP contribution in [0.1, 0.15) is 45.9 Å². The molecule has 270 valence electrons. The maximum atomic E-state index is 12.1. The Bertz CT molecular complexity index is 1800. The third kappa shape index (κ3) is 9.68. The van der Waals surface area contributed by atoms with Crippen molar-refractivity contribution >= 4 is 11.6 Å². The summed E-state index contributed by atoms with van der Waals surface area (Å²) in [4.78, 5) is 0. The summed E-state index contributed by atoms with van der Waals surface area (Å²) < 4.78 is 37.7. The van der Waals surface area contributed by atoms with Crippen molar-refractivity contribution in [2.45, 2.75) is 69.3 Å². The van der Waals surface area contributed by atoms with Crippen molar-refractivity contribution in [3.63, 3.8) is 0 Å². The van der Waals surface area contributed by atoms with E-state index in [0.29, 0.717) is 37.9 Å². The van der Waals surface area contributed by atoms with Gasteiger partial charge in [-0.3, -0.25) is 0 Å². The summed E-state index contributed by atoms with van der Waals surface area (Å²) in [6.45, 7) is 2.65. The van der Waals surface area contributed by atoms with E-state index in [1.54, 1.807) is 0 Å². The van der Waals surface area contributed by atoms with E-state index in [2.05, 4.69) is 12.1 Å². The second kappa shape index (κ2) is 18.1. The third-order valence-electron chi connectivity index (χ3n) is 9.53. The summed E-state index contributed by atoms with van der Waals surface area (Å²) >= 11 is 6.78. The van der Waals surface area contributed by atoms with Gasteiger partial charge in [-0.15, -0.1) is 0 Å². The molecule has 0 aliphatic carbocycles. The molecule has 5 aromatic carbocycles. The molecular formula is C44H45ClO7. The van der Waals surface area contributed by atoms with E-state index in [4.69, 9.17) is 40.0 Å². The third-order valence-corrected chi connectivity index (χ3v) is 9.90. The van der Waals surface area contributed by atoms with E-state index in [9.17, 15) is 5.11 Å². The van der Waals surface area contributed by atoms with Crippen molar-refractivity contribution in [2.75, 3.05) is 19.8 Å². The number of hydrogen-bond donors (Lipinski definition) is 1. The van der Waals surface area contributed by atoms with Crippen LogP contribution in [0.5, 0.6) is 5.75 Å². The van der Waals surface area contributed by atoms with Gasteiger partial charge in [-0.1, -0.05) is 127 Å². The molecule has 2 saturated heterocycles. The number of aliphatic hydroxyl groups excluding tert-OH is 1. The van der Waals surface area contributed by atoms with Crippen molar-refractivity contribution in [2.24, 2.45) is 0 Å². The first-order chi connectivity index (χ1) is 25.6. The molecule has 5 aromatic rings. The highest BCUT2D eigenvalue weighted by molar-refractivity contribution is 6.31. The average molecular weight is 721 g/mol. The first kappa shape index (κ1) is 36.3. The lowest BCUT2D eigenvalue weighted by Crippen LogP contribution is -2.57. The van der Waals surface area contributed by atoms with Crippen LogP contribution in [-0.2, 0) is 49.9 Å². The highest BCUT2D eigenvalue weighted by atomic mass is 35.5. The first-order valence-corrected chi connectivity index (χ1v) is 18.3. The molecule has 0 spiro atoms. The van der Waals surface area contributed by atoms with Crippen LogP contribution in [0.2, 0.25) is 5.02 Å². The number of ether oxygens (including phenoxy) is 6. The maximum Gasteiger partial charge on any atom is 0.124 e. The smallest absolute Gasteiger partial charge is 0.124 e. The molecule has 2 heterocycles. The Morgan fingerprint density at radius 1 is 0.673 bits per heavy atom. The molecule has 2 aliphatic heterocycles. The van der Waals surface area contributed by atoms with Crippen LogP contribution >= 0.6 is 11.6 Å². The lowest BCUT2D eigenvalue weighted by molar-refractivity contribution is -0.263. The topological polar surface area (TPSA) is 75.6 Å². The molecule has 0 bridgehead atoms. The average Bonchev–Trinajstić information content (AvgIpc) is 3.70. The number of hydrogen-bond acceptors (Lipinski definition) is 7. The molecule has 2 aliphatic rings. The summed E-state index contributed by atoms with van der Waals surface area (Å²) in [5.41, 5.74) is 5.88. The minimum atomic E-state index is -1.04. The largest absolute Gasteiger partial charge is 0.488 e. The zero-order chi connectivity index (χ0) is 35.5. The van der Waals surface area contributed by atoms with Crippen LogP contribution in [0.25, 0.3) is 0 Å². The van der Waals surface area contributed by atoms with Gasteiger partial charge in [-0.25, -0.2) is 0 Å². The molecule has 6 unspecified atom stereocenters. The van der Waals surface area contributed by atoms with E-state index in [0.717, 1.165) is 52.2 Å². The summed E-state index contributed by atoms with van der Waals surface area (Å²) in [6.07, 6.45) is -2.05. The Morgan fingerprint density at radius 2 is 1.29 bits per heavy atom. The maximum absolute atomic E-state index is 12.1. The molecule has 7 nitrogen and oxygen atoms in total. The molecule has 2 fully saturated rings. The fraction of sp³-hybridized carbons (Fsp3) is 0.318. The molecule has 0 radical (unpaired) electrons. The zero-order valence-corrected chi connectivity index (χ0v) is 29.9. The number of halogens is 1. The zero-order valence-electron chi connectivity index (χ0n) is 29.1. The monoisotopic (exact) mass is 720 g/mol. The normalized spacial score (nSPS) is 23.0. The van der Waals surface area contributed by atoms with Gasteiger partial charge in [0.25, 0.3) is 0 Å². The molecular weight excluding hydrogens is 676 g/mol. The Labute approximate surface area is 311 Å². The van der Waals surface area contributed by atoms with Crippen molar-refractivity contribution < 1.29 is 33.5 Å². The minimum absolute atomic E-state index is 0.0929. The van der Waals surface area contributed by atoms with Gasteiger partial charge in [0.2, 0.25) is 0 Å². The van der Waals surface area contributed by atoms with Gasteiger partial charge in [-0.05, 0) is 58.0 Å². The molecule has 0 amide bonds. The summed E-state index contributed by atoms with van der Waals surface area (Å²) in [5.74, 6) is 0.823. The van der Waals surface area contributed by atoms with Crippen LogP contribution in [0.4, 0.5) is 0 Å². The van der Waals surface area contributed by atoms with Gasteiger partial charge < -0.3 is 33.5 Å². The van der Waals surface area contributed by atoms with E-state index < -0.39 is 30.5 Å². The second-order valence-corrected chi connectivity index (χ2v) is 13.8. The lowest BCUT2D eigenvalue weighted by atomic mass is 9.89. The molecule has 52 heavy (non-hydrogen) atoms. The Hall–Kier alpha value is -4.05. The van der Waals surface area contributed by atoms with Crippen LogP contribution in [0.15, 0.2) is 133 Å². The highest BCUT2D eigenvalue weighted by Crippen LogP contribution is 2.38. The molecule has 0 aromatic heterocycles. The molecule has 6 atom stereocenters. The lowest BCUT2D eigenvalue weighted by Gasteiger charge is -2.45. The molecule has 7 rings (SSSR count). The SMILES string of the molecule is OC1C(c2ccc(Cl)c(Cc3ccc(OC4CCOC4)cc3)c2)OC(COCc2ccccc2)C(OCc2ccccc2)C1OCc1ccccc1. The van der Waals surface area contributed by atoms with E-state index in [-0.39, 0.29) is 12.7 Å². The number of rotatable bonds is 15. The quantitative estimate of drug-likeness (QED) is 0.117. The van der Waals surface area contributed by atoms with Gasteiger partial charge in [0.05, 0.1) is 39.6 Å². The molecule has 1 N–H and O–H groups in total. The van der Waals surface area contributed by atoms with Gasteiger partial charge in [0, 0.05) is 11.4 Å². The number of benzene rings is 5. The predicted octanol–water partition coefficient (Wildman–Crippen LogP) is 8.29. The Morgan fingerprint density at radius 3 is 1.90 bits per heavy atom. The van der Waals surface area contributed by atoms with Crippen LogP contribution < -0.4 is 4.74 Å². The van der Waals surface area contributed by atoms with Gasteiger partial charge >= 0.3 is 0 Å². The summed E-state index contributed by atoms with van der Waals surface area (Å²) in [6, 6.07) is 43.9. The fourth-order valence-electron chi connectivity index (χ4n) is 6.74. The summed E-state index contributed by atoms with van der Waals surface area (Å²) in [7, 11) is 0. The van der Waals surface area contributed by atoms with Crippen LogP contribution in [-0.4, -0.2) is 55.4 Å². The van der Waals surface area contributed by atoms with Crippen LogP contribution in [0, 0.1) is 0 Å². The standard InChI is InChI=1S/C44H45ClO7/c45-39-21-18-35(25-36(39)24-31-16-19-37(20-17-31)51-38-22-23-47-29-38)42-41(46)44(50-28-34-14-8-3-9-15-34)43(49-27-33-12-6-2-7-13-33)40(52-42)30-48-26-32-10-4-1-5-11-32/h1-21,25,38,40-44,46H,22-24,26-30H2. The second-order valence-electron chi connectivity index (χ2n) is 13.4. The van der Waals surface area contributed by atoms with Crippen molar-refractivity contribution in [1.82, 2.24) is 0 Å². The molecule has 8 heteroatoms. The van der Waals surface area contributed by atoms with Crippen molar-refractivity contribution in [3.8, 4) is 5.75 Å². The van der Waals surface area contributed by atoms with E-state index in [1.807, 2.05) is 121 Å².